The molecule has 126 valence electrons. The molecule has 0 aliphatic heterocycles. The summed E-state index contributed by atoms with van der Waals surface area (Å²) in [6.07, 6.45) is 0. The maximum atomic E-state index is 11.9. The number of carbonyl (C=O) groups is 1. The first kappa shape index (κ1) is 17.1. The monoisotopic (exact) mass is 352 g/mol. The van der Waals surface area contributed by atoms with Crippen LogP contribution in [0.3, 0.4) is 0 Å². The molecule has 4 heteroatoms. The van der Waals surface area contributed by atoms with Crippen LogP contribution in [-0.2, 0) is 16.1 Å². The zero-order chi connectivity index (χ0) is 17.5. The number of carbonyl (C=O) groups excluding carboxylic acids is 1. The van der Waals surface area contributed by atoms with Gasteiger partial charge in [0, 0.05) is 10.6 Å². The number of halogens is 1. The largest absolute Gasteiger partial charge is 0.481 e. The summed E-state index contributed by atoms with van der Waals surface area (Å²) < 4.78 is 10.9. The maximum Gasteiger partial charge on any atom is 0.344 e. The van der Waals surface area contributed by atoms with E-state index < -0.39 is 5.97 Å². The van der Waals surface area contributed by atoms with Gasteiger partial charge in [-0.3, -0.25) is 0 Å². The van der Waals surface area contributed by atoms with Gasteiger partial charge in [0.25, 0.3) is 0 Å². The van der Waals surface area contributed by atoms with Gasteiger partial charge >= 0.3 is 5.97 Å². The van der Waals surface area contributed by atoms with E-state index in [4.69, 9.17) is 21.1 Å². The average Bonchev–Trinajstić information content (AvgIpc) is 2.66. The van der Waals surface area contributed by atoms with Crippen LogP contribution in [0.2, 0.25) is 5.02 Å². The molecule has 0 aromatic heterocycles. The molecule has 25 heavy (non-hydrogen) atoms. The fraction of sp³-hybridized carbons (Fsp3) is 0.0952. The lowest BCUT2D eigenvalue weighted by molar-refractivity contribution is -0.147. The number of benzene rings is 3. The highest BCUT2D eigenvalue weighted by Gasteiger charge is 2.09. The van der Waals surface area contributed by atoms with Crippen molar-refractivity contribution < 1.29 is 14.3 Å². The van der Waals surface area contributed by atoms with Crippen LogP contribution in [0.5, 0.6) is 5.75 Å². The summed E-state index contributed by atoms with van der Waals surface area (Å²) in [6, 6.07) is 24.7. The molecule has 0 atom stereocenters. The number of hydrogen-bond donors (Lipinski definition) is 0. The van der Waals surface area contributed by atoms with Crippen LogP contribution in [0, 0.1) is 0 Å². The topological polar surface area (TPSA) is 35.5 Å². The summed E-state index contributed by atoms with van der Waals surface area (Å²) in [7, 11) is 0. The van der Waals surface area contributed by atoms with Crippen molar-refractivity contribution in [1.29, 1.82) is 0 Å². The van der Waals surface area contributed by atoms with Gasteiger partial charge in [0.05, 0.1) is 0 Å². The molecule has 0 fully saturated rings. The van der Waals surface area contributed by atoms with Crippen molar-refractivity contribution in [3.8, 4) is 16.9 Å². The molecule has 0 radical (unpaired) electrons. The number of hydrogen-bond acceptors (Lipinski definition) is 3. The fourth-order valence-corrected chi connectivity index (χ4v) is 2.63. The molecule has 0 saturated heterocycles. The van der Waals surface area contributed by atoms with E-state index in [2.05, 4.69) is 0 Å². The number of para-hydroxylation sites is 1. The van der Waals surface area contributed by atoms with E-state index in [9.17, 15) is 4.79 Å². The lowest BCUT2D eigenvalue weighted by atomic mass is 10.1. The standard InChI is InChI=1S/C21H17ClO3/c22-18-10-6-7-16(13-18)14-25-21(23)15-24-20-12-5-4-11-19(20)17-8-2-1-3-9-17/h1-13H,14-15H2. The van der Waals surface area contributed by atoms with Crippen molar-refractivity contribution in [2.75, 3.05) is 6.61 Å². The van der Waals surface area contributed by atoms with Gasteiger partial charge in [0.1, 0.15) is 12.4 Å². The van der Waals surface area contributed by atoms with E-state index in [-0.39, 0.29) is 13.2 Å². The van der Waals surface area contributed by atoms with E-state index in [1.807, 2.05) is 66.7 Å². The van der Waals surface area contributed by atoms with E-state index in [1.165, 1.54) is 0 Å². The third-order valence-electron chi connectivity index (χ3n) is 3.61. The van der Waals surface area contributed by atoms with Gasteiger partial charge < -0.3 is 9.47 Å². The van der Waals surface area contributed by atoms with Gasteiger partial charge in [-0.1, -0.05) is 72.3 Å². The van der Waals surface area contributed by atoms with Crippen molar-refractivity contribution in [3.63, 3.8) is 0 Å². The molecular weight excluding hydrogens is 336 g/mol. The molecule has 0 amide bonds. The summed E-state index contributed by atoms with van der Waals surface area (Å²) in [5.74, 6) is 0.219. The van der Waals surface area contributed by atoms with Gasteiger partial charge in [-0.2, -0.15) is 0 Å². The van der Waals surface area contributed by atoms with Gasteiger partial charge in [-0.15, -0.1) is 0 Å². The molecule has 0 bridgehead atoms. The van der Waals surface area contributed by atoms with Crippen LogP contribution in [0.1, 0.15) is 5.56 Å². The Balaban J connectivity index is 1.59. The summed E-state index contributed by atoms with van der Waals surface area (Å²) >= 11 is 5.91. The average molecular weight is 353 g/mol. The number of esters is 1. The predicted octanol–water partition coefficient (Wildman–Crippen LogP) is 5.13. The van der Waals surface area contributed by atoms with E-state index in [0.29, 0.717) is 10.8 Å². The Morgan fingerprint density at radius 1 is 0.880 bits per heavy atom. The summed E-state index contributed by atoms with van der Waals surface area (Å²) in [4.78, 5) is 11.9. The third kappa shape index (κ3) is 4.85. The lowest BCUT2D eigenvalue weighted by Gasteiger charge is -2.11. The second kappa shape index (κ2) is 8.36. The maximum absolute atomic E-state index is 11.9. The second-order valence-corrected chi connectivity index (χ2v) is 5.88. The Morgan fingerprint density at radius 2 is 1.64 bits per heavy atom. The zero-order valence-electron chi connectivity index (χ0n) is 13.5. The Kier molecular flexibility index (Phi) is 5.70. The highest BCUT2D eigenvalue weighted by Crippen LogP contribution is 2.29. The minimum Gasteiger partial charge on any atom is -0.481 e. The van der Waals surface area contributed by atoms with Crippen LogP contribution in [-0.4, -0.2) is 12.6 Å². The Hall–Kier alpha value is -2.78. The van der Waals surface area contributed by atoms with Crippen molar-refractivity contribution >= 4 is 17.6 Å². The molecule has 0 saturated carbocycles. The summed E-state index contributed by atoms with van der Waals surface area (Å²) in [5.41, 5.74) is 2.81. The van der Waals surface area contributed by atoms with Gasteiger partial charge in [-0.25, -0.2) is 4.79 Å². The first-order chi connectivity index (χ1) is 12.2. The molecule has 0 spiro atoms. The van der Waals surface area contributed by atoms with Gasteiger partial charge in [0.15, 0.2) is 6.61 Å². The Labute approximate surface area is 151 Å². The van der Waals surface area contributed by atoms with Crippen LogP contribution in [0.15, 0.2) is 78.9 Å². The quantitative estimate of drug-likeness (QED) is 0.577. The van der Waals surface area contributed by atoms with E-state index in [0.717, 1.165) is 16.7 Å². The molecule has 0 aliphatic carbocycles. The molecule has 3 aromatic rings. The summed E-state index contributed by atoms with van der Waals surface area (Å²) in [6.45, 7) is 0.0213. The fourth-order valence-electron chi connectivity index (χ4n) is 2.42. The minimum absolute atomic E-state index is 0.148. The van der Waals surface area contributed by atoms with E-state index in [1.54, 1.807) is 12.1 Å². The molecule has 0 unspecified atom stereocenters. The zero-order valence-corrected chi connectivity index (χ0v) is 14.3. The van der Waals surface area contributed by atoms with Gasteiger partial charge in [-0.05, 0) is 29.3 Å². The van der Waals surface area contributed by atoms with Crippen LogP contribution < -0.4 is 4.74 Å². The van der Waals surface area contributed by atoms with Crippen molar-refractivity contribution in [3.05, 3.63) is 89.4 Å². The molecule has 3 nitrogen and oxygen atoms in total. The minimum atomic E-state index is -0.428. The molecule has 0 heterocycles. The van der Waals surface area contributed by atoms with Crippen LogP contribution in [0.4, 0.5) is 0 Å². The van der Waals surface area contributed by atoms with Gasteiger partial charge in [0.2, 0.25) is 0 Å². The normalized spacial score (nSPS) is 10.3. The molecule has 0 N–H and O–H groups in total. The second-order valence-electron chi connectivity index (χ2n) is 5.44. The molecule has 0 aliphatic rings. The molecule has 3 aromatic carbocycles. The Bertz CT molecular complexity index is 847. The molecular formula is C21H17ClO3. The third-order valence-corrected chi connectivity index (χ3v) is 3.84. The van der Waals surface area contributed by atoms with Crippen molar-refractivity contribution in [1.82, 2.24) is 0 Å². The van der Waals surface area contributed by atoms with Crippen molar-refractivity contribution in [2.24, 2.45) is 0 Å². The SMILES string of the molecule is O=C(COc1ccccc1-c1ccccc1)OCc1cccc(Cl)c1. The molecule has 3 rings (SSSR count). The first-order valence-electron chi connectivity index (χ1n) is 7.90. The highest BCUT2D eigenvalue weighted by molar-refractivity contribution is 6.30. The van der Waals surface area contributed by atoms with Crippen LogP contribution >= 0.6 is 11.6 Å². The van der Waals surface area contributed by atoms with E-state index >= 15 is 0 Å². The number of ether oxygens (including phenoxy) is 2. The highest BCUT2D eigenvalue weighted by atomic mass is 35.5. The lowest BCUT2D eigenvalue weighted by Crippen LogP contribution is -2.15. The van der Waals surface area contributed by atoms with Crippen molar-refractivity contribution in [2.45, 2.75) is 6.61 Å². The smallest absolute Gasteiger partial charge is 0.344 e. The Morgan fingerprint density at radius 3 is 2.44 bits per heavy atom. The predicted molar refractivity (Wildman–Crippen MR) is 98.6 cm³/mol. The van der Waals surface area contributed by atoms with Crippen LogP contribution in [0.25, 0.3) is 11.1 Å². The summed E-state index contributed by atoms with van der Waals surface area (Å²) in [5, 5.41) is 0.613. The first-order valence-corrected chi connectivity index (χ1v) is 8.27. The number of rotatable bonds is 6.